The number of carbonyl (C=O) groups excluding carboxylic acids is 1. The summed E-state index contributed by atoms with van der Waals surface area (Å²) in [6.07, 6.45) is 16.5. The number of terminal acetylenes is 2. The molecule has 0 atom stereocenters. The quantitative estimate of drug-likeness (QED) is 0.101. The van der Waals surface area contributed by atoms with E-state index in [1.165, 1.54) is 0 Å². The largest absolute Gasteiger partial charge is 0.508 e. The van der Waals surface area contributed by atoms with Crippen LogP contribution in [0.3, 0.4) is 0 Å². The fourth-order valence-electron chi connectivity index (χ4n) is 3.64. The summed E-state index contributed by atoms with van der Waals surface area (Å²) in [5, 5.41) is 21.8. The highest BCUT2D eigenvalue weighted by Crippen LogP contribution is 2.43. The Hall–Kier alpha value is -5.89. The zero-order valence-electron chi connectivity index (χ0n) is 24.1. The van der Waals surface area contributed by atoms with Gasteiger partial charge in [0.25, 0.3) is 0 Å². The van der Waals surface area contributed by atoms with E-state index in [1.807, 2.05) is 27.7 Å². The average Bonchev–Trinajstić information content (AvgIpc) is 2.93. The highest BCUT2D eigenvalue weighted by atomic mass is 17.2. The molecule has 42 heavy (non-hydrogen) atoms. The summed E-state index contributed by atoms with van der Waals surface area (Å²) in [6, 6.07) is 3.13. The van der Waals surface area contributed by atoms with Crippen molar-refractivity contribution in [2.24, 2.45) is 0 Å². The predicted molar refractivity (Wildman–Crippen MR) is 161 cm³/mol. The van der Waals surface area contributed by atoms with Gasteiger partial charge in [0.1, 0.15) is 23.4 Å². The maximum Gasteiger partial charge on any atom is 0.319 e. The van der Waals surface area contributed by atoms with Crippen LogP contribution in [-0.2, 0) is 30.1 Å². The van der Waals surface area contributed by atoms with Crippen LogP contribution in [-0.4, -0.2) is 16.2 Å². The first-order valence-electron chi connectivity index (χ1n) is 12.6. The molecule has 0 spiro atoms. The Kier molecular flexibility index (Phi) is 14.3. The van der Waals surface area contributed by atoms with Gasteiger partial charge in [-0.3, -0.25) is 9.68 Å². The summed E-state index contributed by atoms with van der Waals surface area (Å²) in [5.74, 6) is 28.0. The lowest BCUT2D eigenvalue weighted by atomic mass is 9.75. The first-order chi connectivity index (χ1) is 19.9. The zero-order chi connectivity index (χ0) is 31.4. The van der Waals surface area contributed by atoms with E-state index in [0.29, 0.717) is 42.6 Å². The Bertz CT molecular complexity index is 1640. The number of esters is 1. The fraction of sp³-hybridized carbons (Fsp3) is 0.306. The van der Waals surface area contributed by atoms with Crippen molar-refractivity contribution in [3.8, 4) is 108 Å². The minimum atomic E-state index is -0.549. The molecular formula is C36H30O6. The standard InChI is InChI=1S/C36H30O6/c1-8-10-12-14-16-18-25-40-34(39)21-20-23-35(4,5)30-27-33(38)31(28-32(30)37)36(6,7)24-22-29(3)42-41-26-19-17-15-13-11-9-2/h1-2,27-28,37-38H,3,20-24H2,4-7H3. The van der Waals surface area contributed by atoms with Crippen LogP contribution in [0.4, 0.5) is 0 Å². The Morgan fingerprint density at radius 3 is 1.79 bits per heavy atom. The zero-order valence-corrected chi connectivity index (χ0v) is 24.1. The van der Waals surface area contributed by atoms with E-state index in [2.05, 4.69) is 89.8 Å². The van der Waals surface area contributed by atoms with Crippen molar-refractivity contribution >= 4 is 5.97 Å². The van der Waals surface area contributed by atoms with Crippen molar-refractivity contribution in [1.82, 2.24) is 0 Å². The molecule has 210 valence electrons. The Labute approximate surface area is 249 Å². The maximum atomic E-state index is 12.0. The van der Waals surface area contributed by atoms with E-state index < -0.39 is 16.8 Å². The lowest BCUT2D eigenvalue weighted by molar-refractivity contribution is -0.200. The van der Waals surface area contributed by atoms with Gasteiger partial charge in [-0.15, -0.1) is 12.8 Å². The molecule has 0 radical (unpaired) electrons. The van der Waals surface area contributed by atoms with Gasteiger partial charge in [-0.1, -0.05) is 34.3 Å². The predicted octanol–water partition coefficient (Wildman–Crippen LogP) is 4.81. The number of phenols is 2. The highest BCUT2D eigenvalue weighted by molar-refractivity contribution is 5.70. The van der Waals surface area contributed by atoms with Crippen LogP contribution in [0.5, 0.6) is 11.5 Å². The lowest BCUT2D eigenvalue weighted by Crippen LogP contribution is -2.21. The van der Waals surface area contributed by atoms with E-state index in [1.54, 1.807) is 12.1 Å². The smallest absolute Gasteiger partial charge is 0.319 e. The van der Waals surface area contributed by atoms with Crippen molar-refractivity contribution < 1.29 is 29.5 Å². The van der Waals surface area contributed by atoms with Crippen LogP contribution in [0.25, 0.3) is 0 Å². The molecule has 0 saturated heterocycles. The molecule has 2 N–H and O–H groups in total. The molecule has 1 rings (SSSR count). The number of hydrogen-bond donors (Lipinski definition) is 2. The molecule has 6 nitrogen and oxygen atoms in total. The third-order valence-electron chi connectivity index (χ3n) is 5.90. The normalized spacial score (nSPS) is 9.10. The van der Waals surface area contributed by atoms with Crippen molar-refractivity contribution in [2.45, 2.75) is 70.6 Å². The number of allylic oxidation sites excluding steroid dienone is 1. The highest BCUT2D eigenvalue weighted by Gasteiger charge is 2.30. The van der Waals surface area contributed by atoms with Crippen molar-refractivity contribution in [1.29, 1.82) is 0 Å². The molecule has 0 unspecified atom stereocenters. The molecule has 0 saturated carbocycles. The van der Waals surface area contributed by atoms with Crippen LogP contribution in [0.1, 0.15) is 70.9 Å². The van der Waals surface area contributed by atoms with Gasteiger partial charge in [0.05, 0.1) is 0 Å². The van der Waals surface area contributed by atoms with E-state index in [4.69, 9.17) is 27.4 Å². The number of rotatable bonds is 11. The minimum Gasteiger partial charge on any atom is -0.508 e. The Morgan fingerprint density at radius 1 is 0.762 bits per heavy atom. The van der Waals surface area contributed by atoms with Gasteiger partial charge >= 0.3 is 5.97 Å². The number of aromatic hydroxyl groups is 2. The molecule has 0 aliphatic heterocycles. The van der Waals surface area contributed by atoms with Gasteiger partial charge in [-0.05, 0) is 77.7 Å². The van der Waals surface area contributed by atoms with Gasteiger partial charge < -0.3 is 14.9 Å². The summed E-state index contributed by atoms with van der Waals surface area (Å²) in [7, 11) is 0. The second kappa shape index (κ2) is 17.6. The van der Waals surface area contributed by atoms with Crippen molar-refractivity contribution in [3.63, 3.8) is 0 Å². The molecular weight excluding hydrogens is 528 g/mol. The summed E-state index contributed by atoms with van der Waals surface area (Å²) >= 11 is 0. The van der Waals surface area contributed by atoms with E-state index in [-0.39, 0.29) is 17.9 Å². The number of carbonyl (C=O) groups is 1. The molecule has 6 heteroatoms. The molecule has 0 aliphatic carbocycles. The van der Waals surface area contributed by atoms with Gasteiger partial charge in [0.2, 0.25) is 0 Å². The third-order valence-corrected chi connectivity index (χ3v) is 5.90. The minimum absolute atomic E-state index is 0.0440. The van der Waals surface area contributed by atoms with Crippen LogP contribution in [0.2, 0.25) is 0 Å². The van der Waals surface area contributed by atoms with Crippen molar-refractivity contribution in [2.75, 3.05) is 0 Å². The molecule has 0 heterocycles. The molecule has 0 fully saturated rings. The second-order valence-electron chi connectivity index (χ2n) is 9.93. The van der Waals surface area contributed by atoms with Crippen LogP contribution < -0.4 is 0 Å². The third kappa shape index (κ3) is 12.8. The lowest BCUT2D eigenvalue weighted by Gasteiger charge is -2.30. The summed E-state index contributed by atoms with van der Waals surface area (Å²) in [5.41, 5.74) is 0.0267. The molecule has 0 bridgehead atoms. The summed E-state index contributed by atoms with van der Waals surface area (Å²) in [6.45, 7) is 11.5. The molecule has 1 aromatic carbocycles. The van der Waals surface area contributed by atoms with Gasteiger partial charge in [-0.25, -0.2) is 4.89 Å². The van der Waals surface area contributed by atoms with Crippen LogP contribution >= 0.6 is 0 Å². The van der Waals surface area contributed by atoms with Crippen molar-refractivity contribution in [3.05, 3.63) is 35.6 Å². The molecule has 0 aliphatic rings. The SMILES string of the molecule is C#CC#CC#CC#COOC(=C)CCC(C)(C)c1cc(O)c(C(C)(C)CCCC(=O)OC#CC#CC#CC#C)cc1O. The topological polar surface area (TPSA) is 85.2 Å². The van der Waals surface area contributed by atoms with Crippen LogP contribution in [0.15, 0.2) is 24.5 Å². The molecule has 1 aromatic rings. The van der Waals surface area contributed by atoms with E-state index in [0.717, 1.165) is 0 Å². The van der Waals surface area contributed by atoms with Gasteiger partial charge in [0, 0.05) is 59.5 Å². The first-order valence-corrected chi connectivity index (χ1v) is 12.6. The maximum absolute atomic E-state index is 12.0. The summed E-state index contributed by atoms with van der Waals surface area (Å²) in [4.78, 5) is 21.8. The van der Waals surface area contributed by atoms with E-state index in [9.17, 15) is 15.0 Å². The number of hydrogen-bond acceptors (Lipinski definition) is 6. The molecule has 0 aromatic heterocycles. The van der Waals surface area contributed by atoms with Gasteiger partial charge in [0.15, 0.2) is 6.11 Å². The van der Waals surface area contributed by atoms with Crippen LogP contribution in [0, 0.1) is 96.1 Å². The average molecular weight is 559 g/mol. The number of benzene rings is 1. The monoisotopic (exact) mass is 558 g/mol. The second-order valence-corrected chi connectivity index (χ2v) is 9.93. The fourth-order valence-corrected chi connectivity index (χ4v) is 3.64. The van der Waals surface area contributed by atoms with Gasteiger partial charge in [-0.2, -0.15) is 0 Å². The number of ether oxygens (including phenoxy) is 1. The Balaban J connectivity index is 2.74. The number of phenolic OH excluding ortho intramolecular Hbond substituents is 2. The van der Waals surface area contributed by atoms with E-state index >= 15 is 0 Å². The Morgan fingerprint density at radius 2 is 1.24 bits per heavy atom. The molecule has 0 amide bonds. The summed E-state index contributed by atoms with van der Waals surface area (Å²) < 4.78 is 4.83. The first kappa shape index (κ1) is 34.1.